The molecule has 3 aromatic rings. The van der Waals surface area contributed by atoms with Gasteiger partial charge in [-0.25, -0.2) is 14.6 Å². The number of alkyl halides is 3. The molecular formula is C16H12F3N5OS. The number of nitrogens with one attached hydrogen (secondary N) is 1. The van der Waals surface area contributed by atoms with E-state index in [1.165, 1.54) is 35.2 Å². The Morgan fingerprint density at radius 1 is 1.23 bits per heavy atom. The molecule has 0 aliphatic rings. The number of amides is 1. The zero-order chi connectivity index (χ0) is 18.6. The van der Waals surface area contributed by atoms with Gasteiger partial charge in [0.1, 0.15) is 12.7 Å². The number of nitrogens with zero attached hydrogens (tertiary/aromatic N) is 4. The first-order valence-corrected chi connectivity index (χ1v) is 8.32. The van der Waals surface area contributed by atoms with Gasteiger partial charge >= 0.3 is 6.18 Å². The lowest BCUT2D eigenvalue weighted by Crippen LogP contribution is -2.17. The van der Waals surface area contributed by atoms with Crippen LogP contribution in [-0.2, 0) is 11.0 Å². The Morgan fingerprint density at radius 2 is 2.08 bits per heavy atom. The summed E-state index contributed by atoms with van der Waals surface area (Å²) in [5, 5.41) is 7.04. The molecule has 1 aromatic carbocycles. The summed E-state index contributed by atoms with van der Waals surface area (Å²) >= 11 is 1.18. The number of carbonyl (C=O) groups is 1. The Labute approximate surface area is 150 Å². The van der Waals surface area contributed by atoms with E-state index in [0.29, 0.717) is 5.03 Å². The molecule has 2 heterocycles. The van der Waals surface area contributed by atoms with Gasteiger partial charge in [0.05, 0.1) is 27.7 Å². The molecule has 0 fully saturated rings. The van der Waals surface area contributed by atoms with Crippen molar-refractivity contribution in [3.05, 3.63) is 60.8 Å². The van der Waals surface area contributed by atoms with Crippen molar-refractivity contribution in [2.45, 2.75) is 11.2 Å². The van der Waals surface area contributed by atoms with E-state index in [4.69, 9.17) is 0 Å². The minimum atomic E-state index is -4.52. The normalized spacial score (nSPS) is 11.3. The van der Waals surface area contributed by atoms with Gasteiger partial charge in [0, 0.05) is 6.20 Å². The highest BCUT2D eigenvalue weighted by molar-refractivity contribution is 7.99. The molecule has 0 spiro atoms. The average molecular weight is 379 g/mol. The van der Waals surface area contributed by atoms with Crippen LogP contribution in [0.15, 0.2) is 60.3 Å². The highest BCUT2D eigenvalue weighted by atomic mass is 32.2. The molecule has 3 rings (SSSR count). The highest BCUT2D eigenvalue weighted by Crippen LogP contribution is 2.33. The third-order valence-electron chi connectivity index (χ3n) is 3.25. The molecule has 10 heteroatoms. The summed E-state index contributed by atoms with van der Waals surface area (Å²) in [6.07, 6.45) is -0.347. The van der Waals surface area contributed by atoms with Crippen molar-refractivity contribution < 1.29 is 18.0 Å². The molecule has 0 atom stereocenters. The van der Waals surface area contributed by atoms with Gasteiger partial charge in [-0.05, 0) is 30.3 Å². The zero-order valence-corrected chi connectivity index (χ0v) is 14.0. The fourth-order valence-electron chi connectivity index (χ4n) is 2.10. The molecule has 26 heavy (non-hydrogen) atoms. The number of pyridine rings is 1. The number of hydrogen-bond acceptors (Lipinski definition) is 5. The second-order valence-corrected chi connectivity index (χ2v) is 6.07. The summed E-state index contributed by atoms with van der Waals surface area (Å²) in [6, 6.07) is 8.30. The fraction of sp³-hybridized carbons (Fsp3) is 0.125. The van der Waals surface area contributed by atoms with Gasteiger partial charge in [0.25, 0.3) is 0 Å². The average Bonchev–Trinajstić information content (AvgIpc) is 3.14. The maximum absolute atomic E-state index is 13.0. The molecule has 0 radical (unpaired) electrons. The van der Waals surface area contributed by atoms with Crippen molar-refractivity contribution in [1.29, 1.82) is 0 Å². The molecular weight excluding hydrogens is 367 g/mol. The molecule has 6 nitrogen and oxygen atoms in total. The summed E-state index contributed by atoms with van der Waals surface area (Å²) in [4.78, 5) is 20.0. The first-order valence-electron chi connectivity index (χ1n) is 7.33. The minimum Gasteiger partial charge on any atom is -0.323 e. The smallest absolute Gasteiger partial charge is 0.323 e. The lowest BCUT2D eigenvalue weighted by atomic mass is 10.1. The Morgan fingerprint density at radius 3 is 2.73 bits per heavy atom. The number of hydrogen-bond donors (Lipinski definition) is 1. The zero-order valence-electron chi connectivity index (χ0n) is 13.1. The van der Waals surface area contributed by atoms with E-state index in [-0.39, 0.29) is 17.1 Å². The largest absolute Gasteiger partial charge is 0.416 e. The van der Waals surface area contributed by atoms with Crippen molar-refractivity contribution in [3.63, 3.8) is 0 Å². The molecule has 0 aliphatic heterocycles. The Balaban J connectivity index is 1.81. The first kappa shape index (κ1) is 17.9. The molecule has 0 saturated heterocycles. The predicted octanol–water partition coefficient (Wildman–Crippen LogP) is 3.41. The quantitative estimate of drug-likeness (QED) is 0.688. The van der Waals surface area contributed by atoms with Crippen LogP contribution in [0.1, 0.15) is 5.56 Å². The number of benzene rings is 1. The van der Waals surface area contributed by atoms with Crippen LogP contribution in [0.4, 0.5) is 18.9 Å². The van der Waals surface area contributed by atoms with Gasteiger partial charge in [-0.3, -0.25) is 4.79 Å². The maximum Gasteiger partial charge on any atom is 0.416 e. The van der Waals surface area contributed by atoms with E-state index in [1.807, 2.05) is 0 Å². The van der Waals surface area contributed by atoms with Crippen LogP contribution in [0, 0.1) is 0 Å². The third kappa shape index (κ3) is 4.39. The summed E-state index contributed by atoms with van der Waals surface area (Å²) < 4.78 is 40.2. The van der Waals surface area contributed by atoms with Gasteiger partial charge < -0.3 is 5.32 Å². The molecule has 1 N–H and O–H groups in total. The summed E-state index contributed by atoms with van der Waals surface area (Å²) in [5.74, 6) is -0.453. The summed E-state index contributed by atoms with van der Waals surface area (Å²) in [5.41, 5.74) is -0.585. The second kappa shape index (κ2) is 7.56. The topological polar surface area (TPSA) is 72.7 Å². The Hall–Kier alpha value is -2.88. The number of thioether (sulfide) groups is 1. The van der Waals surface area contributed by atoms with Gasteiger partial charge in [0.15, 0.2) is 0 Å². The summed E-state index contributed by atoms with van der Waals surface area (Å²) in [6.45, 7) is 0. The van der Waals surface area contributed by atoms with Crippen molar-refractivity contribution in [2.24, 2.45) is 0 Å². The van der Waals surface area contributed by atoms with Crippen molar-refractivity contribution >= 4 is 23.4 Å². The monoisotopic (exact) mass is 379 g/mol. The standard InChI is InChI=1S/C16H12F3N5OS/c17-16(18,19)11-4-5-13(24-10-20-9-22-24)12(7-11)23-14(25)8-26-15-3-1-2-6-21-15/h1-7,9-10H,8H2,(H,23,25). The Bertz CT molecular complexity index is 885. The lowest BCUT2D eigenvalue weighted by Gasteiger charge is -2.14. The van der Waals surface area contributed by atoms with E-state index < -0.39 is 17.6 Å². The van der Waals surface area contributed by atoms with E-state index in [0.717, 1.165) is 12.1 Å². The fourth-order valence-corrected chi connectivity index (χ4v) is 2.76. The van der Waals surface area contributed by atoms with Crippen LogP contribution in [-0.4, -0.2) is 31.4 Å². The van der Waals surface area contributed by atoms with Crippen molar-refractivity contribution in [3.8, 4) is 5.69 Å². The number of aromatic nitrogens is 4. The van der Waals surface area contributed by atoms with Crippen LogP contribution < -0.4 is 5.32 Å². The minimum absolute atomic E-state index is 0.00283. The van der Waals surface area contributed by atoms with Gasteiger partial charge in [-0.2, -0.15) is 18.3 Å². The Kier molecular flexibility index (Phi) is 5.21. The third-order valence-corrected chi connectivity index (χ3v) is 4.20. The summed E-state index contributed by atoms with van der Waals surface area (Å²) in [7, 11) is 0. The van der Waals surface area contributed by atoms with Crippen LogP contribution in [0.2, 0.25) is 0 Å². The number of anilines is 1. The van der Waals surface area contributed by atoms with Gasteiger partial charge in [-0.1, -0.05) is 17.8 Å². The molecule has 0 saturated carbocycles. The van der Waals surface area contributed by atoms with Crippen LogP contribution in [0.25, 0.3) is 5.69 Å². The van der Waals surface area contributed by atoms with Crippen LogP contribution in [0.3, 0.4) is 0 Å². The van der Waals surface area contributed by atoms with Crippen molar-refractivity contribution in [1.82, 2.24) is 19.7 Å². The van der Waals surface area contributed by atoms with Crippen LogP contribution in [0.5, 0.6) is 0 Å². The highest BCUT2D eigenvalue weighted by Gasteiger charge is 2.31. The van der Waals surface area contributed by atoms with Crippen molar-refractivity contribution in [2.75, 3.05) is 11.1 Å². The van der Waals surface area contributed by atoms with E-state index >= 15 is 0 Å². The van der Waals surface area contributed by atoms with Gasteiger partial charge in [0.2, 0.25) is 5.91 Å². The molecule has 134 valence electrons. The maximum atomic E-state index is 13.0. The van der Waals surface area contributed by atoms with E-state index in [9.17, 15) is 18.0 Å². The molecule has 0 bridgehead atoms. The number of carbonyl (C=O) groups excluding carboxylic acids is 1. The molecule has 2 aromatic heterocycles. The van der Waals surface area contributed by atoms with E-state index in [1.54, 1.807) is 24.4 Å². The molecule has 0 unspecified atom stereocenters. The van der Waals surface area contributed by atoms with Crippen LogP contribution >= 0.6 is 11.8 Å². The van der Waals surface area contributed by atoms with E-state index in [2.05, 4.69) is 20.4 Å². The second-order valence-electron chi connectivity index (χ2n) is 5.07. The molecule has 1 amide bonds. The SMILES string of the molecule is O=C(CSc1ccccn1)Nc1cc(C(F)(F)F)ccc1-n1cncn1. The number of rotatable bonds is 5. The predicted molar refractivity (Wildman–Crippen MR) is 90.0 cm³/mol. The number of halogens is 3. The van der Waals surface area contributed by atoms with Gasteiger partial charge in [-0.15, -0.1) is 0 Å². The lowest BCUT2D eigenvalue weighted by molar-refractivity contribution is -0.137. The first-order chi connectivity index (χ1) is 12.4. The molecule has 0 aliphatic carbocycles.